The Bertz CT molecular complexity index is 1170. The molecule has 3 aromatic rings. The lowest BCUT2D eigenvalue weighted by atomic mass is 10.1. The molecule has 0 saturated heterocycles. The van der Waals surface area contributed by atoms with Gasteiger partial charge >= 0.3 is 12.1 Å². The molecule has 1 aromatic heterocycles. The third-order valence-corrected chi connectivity index (χ3v) is 5.68. The van der Waals surface area contributed by atoms with Gasteiger partial charge in [-0.3, -0.25) is 9.36 Å². The molecule has 1 fully saturated rings. The first-order chi connectivity index (χ1) is 15.4. The number of primary amides is 1. The molecular weight excluding hydrogens is 430 g/mol. The van der Waals surface area contributed by atoms with Gasteiger partial charge in [0.15, 0.2) is 0 Å². The van der Waals surface area contributed by atoms with Gasteiger partial charge in [0.1, 0.15) is 6.04 Å². The first kappa shape index (κ1) is 21.7. The van der Waals surface area contributed by atoms with Gasteiger partial charge in [0.25, 0.3) is 0 Å². The topological polar surface area (TPSA) is 118 Å². The maximum absolute atomic E-state index is 12.8. The predicted molar refractivity (Wildman–Crippen MR) is 124 cm³/mol. The summed E-state index contributed by atoms with van der Waals surface area (Å²) in [5.41, 5.74) is 7.33. The van der Waals surface area contributed by atoms with Crippen LogP contribution in [0.4, 0.5) is 15.3 Å². The van der Waals surface area contributed by atoms with Gasteiger partial charge in [-0.05, 0) is 36.1 Å². The lowest BCUT2D eigenvalue weighted by molar-refractivity contribution is -0.123. The van der Waals surface area contributed by atoms with E-state index in [1.165, 1.54) is 10.8 Å². The van der Waals surface area contributed by atoms with E-state index in [9.17, 15) is 14.4 Å². The van der Waals surface area contributed by atoms with Crippen LogP contribution in [0.15, 0.2) is 54.7 Å². The predicted octanol–water partition coefficient (Wildman–Crippen LogP) is 3.83. The molecule has 2 aromatic carbocycles. The molecule has 0 spiro atoms. The Morgan fingerprint density at radius 1 is 1.12 bits per heavy atom. The number of rotatable bonds is 7. The molecule has 4 rings (SSSR count). The Kier molecular flexibility index (Phi) is 6.32. The molecule has 8 nitrogen and oxygen atoms in total. The third kappa shape index (κ3) is 5.20. The number of hydrogen-bond acceptors (Lipinski definition) is 3. The fourth-order valence-corrected chi connectivity index (χ4v) is 3.87. The summed E-state index contributed by atoms with van der Waals surface area (Å²) in [5.74, 6) is 0.167. The molecule has 1 aliphatic rings. The fraction of sp³-hybridized carbons (Fsp3) is 0.261. The Labute approximate surface area is 190 Å². The molecule has 1 atom stereocenters. The first-order valence-electron chi connectivity index (χ1n) is 10.4. The number of urea groups is 1. The SMILES string of the molecule is NC(=O)n1cc(NC(=O)N[C@@H](CC2CC2)C(=O)NCc2cccc(Cl)c2)c2ccccc21. The second-order valence-electron chi connectivity index (χ2n) is 7.95. The van der Waals surface area contributed by atoms with Crippen LogP contribution in [0.3, 0.4) is 0 Å². The molecule has 0 radical (unpaired) electrons. The van der Waals surface area contributed by atoms with Crippen molar-refractivity contribution in [2.75, 3.05) is 5.32 Å². The average molecular weight is 454 g/mol. The minimum atomic E-state index is -0.675. The minimum Gasteiger partial charge on any atom is -0.351 e. The lowest BCUT2D eigenvalue weighted by Crippen LogP contribution is -2.48. The van der Waals surface area contributed by atoms with Gasteiger partial charge in [0.05, 0.1) is 11.2 Å². The number of nitrogens with zero attached hydrogens (tertiary/aromatic N) is 1. The van der Waals surface area contributed by atoms with Crippen LogP contribution in [-0.4, -0.2) is 28.6 Å². The summed E-state index contributed by atoms with van der Waals surface area (Å²) < 4.78 is 1.27. The minimum absolute atomic E-state index is 0.258. The monoisotopic (exact) mass is 453 g/mol. The molecule has 0 aliphatic heterocycles. The van der Waals surface area contributed by atoms with Gasteiger partial charge in [0.2, 0.25) is 5.91 Å². The van der Waals surface area contributed by atoms with E-state index in [0.29, 0.717) is 40.5 Å². The number of amides is 4. The number of benzene rings is 2. The highest BCUT2D eigenvalue weighted by Gasteiger charge is 2.30. The van der Waals surface area contributed by atoms with Crippen molar-refractivity contribution in [1.82, 2.24) is 15.2 Å². The summed E-state index contributed by atoms with van der Waals surface area (Å²) in [5, 5.41) is 9.66. The Balaban J connectivity index is 1.43. The van der Waals surface area contributed by atoms with E-state index in [4.69, 9.17) is 17.3 Å². The number of anilines is 1. The van der Waals surface area contributed by atoms with Crippen LogP contribution in [0.2, 0.25) is 5.02 Å². The lowest BCUT2D eigenvalue weighted by Gasteiger charge is -2.19. The summed E-state index contributed by atoms with van der Waals surface area (Å²) in [4.78, 5) is 37.2. The highest BCUT2D eigenvalue weighted by atomic mass is 35.5. The largest absolute Gasteiger partial charge is 0.351 e. The van der Waals surface area contributed by atoms with E-state index >= 15 is 0 Å². The normalized spacial score (nSPS) is 14.0. The molecule has 1 saturated carbocycles. The number of para-hydroxylation sites is 1. The van der Waals surface area contributed by atoms with Gasteiger partial charge in [-0.1, -0.05) is 54.8 Å². The highest BCUT2D eigenvalue weighted by Crippen LogP contribution is 2.33. The summed E-state index contributed by atoms with van der Waals surface area (Å²) in [6, 6.07) is 12.5. The van der Waals surface area contributed by atoms with Crippen molar-refractivity contribution in [3.63, 3.8) is 0 Å². The Morgan fingerprint density at radius 2 is 1.91 bits per heavy atom. The van der Waals surface area contributed by atoms with Crippen molar-refractivity contribution in [3.8, 4) is 0 Å². The quantitative estimate of drug-likeness (QED) is 0.435. The Morgan fingerprint density at radius 3 is 2.62 bits per heavy atom. The standard InChI is InChI=1S/C23H24ClN5O3/c24-16-5-3-4-15(10-16)12-26-21(30)18(11-14-8-9-14)27-23(32)28-19-13-29(22(25)31)20-7-2-1-6-17(19)20/h1-7,10,13-14,18H,8-9,11-12H2,(H2,25,31)(H,26,30)(H2,27,28,32)/t18-/m0/s1. The van der Waals surface area contributed by atoms with Crippen LogP contribution in [-0.2, 0) is 11.3 Å². The van der Waals surface area contributed by atoms with Crippen LogP contribution in [0.5, 0.6) is 0 Å². The third-order valence-electron chi connectivity index (χ3n) is 5.44. The van der Waals surface area contributed by atoms with Gasteiger partial charge in [-0.15, -0.1) is 0 Å². The van der Waals surface area contributed by atoms with Crippen molar-refractivity contribution in [1.29, 1.82) is 0 Å². The maximum Gasteiger partial charge on any atom is 0.323 e. The number of fused-ring (bicyclic) bond motifs is 1. The summed E-state index contributed by atoms with van der Waals surface area (Å²) in [6.07, 6.45) is 4.14. The second kappa shape index (κ2) is 9.32. The summed E-state index contributed by atoms with van der Waals surface area (Å²) >= 11 is 6.00. The number of halogens is 1. The highest BCUT2D eigenvalue weighted by molar-refractivity contribution is 6.30. The van der Waals surface area contributed by atoms with Crippen molar-refractivity contribution >= 4 is 46.2 Å². The zero-order valence-corrected chi connectivity index (χ0v) is 18.1. The van der Waals surface area contributed by atoms with E-state index in [1.54, 1.807) is 36.4 Å². The van der Waals surface area contributed by atoms with Crippen LogP contribution < -0.4 is 21.7 Å². The smallest absolute Gasteiger partial charge is 0.323 e. The molecule has 166 valence electrons. The molecular formula is C23H24ClN5O3. The van der Waals surface area contributed by atoms with E-state index < -0.39 is 18.1 Å². The van der Waals surface area contributed by atoms with E-state index in [0.717, 1.165) is 18.4 Å². The number of aromatic nitrogens is 1. The van der Waals surface area contributed by atoms with E-state index in [1.807, 2.05) is 12.1 Å². The molecule has 5 N–H and O–H groups in total. The number of nitrogens with two attached hydrogens (primary N) is 1. The van der Waals surface area contributed by atoms with Crippen LogP contribution >= 0.6 is 11.6 Å². The number of hydrogen-bond donors (Lipinski definition) is 4. The number of carbonyl (C=O) groups excluding carboxylic acids is 3. The summed E-state index contributed by atoms with van der Waals surface area (Å²) in [6.45, 7) is 0.315. The number of nitrogens with one attached hydrogen (secondary N) is 3. The van der Waals surface area contributed by atoms with Crippen molar-refractivity contribution < 1.29 is 14.4 Å². The molecule has 9 heteroatoms. The molecule has 0 unspecified atom stereocenters. The zero-order valence-electron chi connectivity index (χ0n) is 17.3. The molecule has 32 heavy (non-hydrogen) atoms. The van der Waals surface area contributed by atoms with E-state index in [-0.39, 0.29) is 5.91 Å². The van der Waals surface area contributed by atoms with Gasteiger partial charge in [-0.25, -0.2) is 9.59 Å². The Hall–Kier alpha value is -3.52. The van der Waals surface area contributed by atoms with Crippen molar-refractivity contribution in [3.05, 3.63) is 65.3 Å². The van der Waals surface area contributed by atoms with E-state index in [2.05, 4.69) is 16.0 Å². The van der Waals surface area contributed by atoms with Gasteiger partial charge < -0.3 is 21.7 Å². The second-order valence-corrected chi connectivity index (χ2v) is 8.38. The number of carbonyl (C=O) groups is 3. The van der Waals surface area contributed by atoms with Crippen LogP contribution in [0.25, 0.3) is 10.9 Å². The molecule has 0 bridgehead atoms. The fourth-order valence-electron chi connectivity index (χ4n) is 3.66. The zero-order chi connectivity index (χ0) is 22.7. The van der Waals surface area contributed by atoms with Crippen LogP contribution in [0, 0.1) is 5.92 Å². The molecule has 1 aliphatic carbocycles. The molecule has 4 amide bonds. The van der Waals surface area contributed by atoms with Crippen molar-refractivity contribution in [2.45, 2.75) is 31.8 Å². The van der Waals surface area contributed by atoms with Gasteiger partial charge in [-0.2, -0.15) is 0 Å². The summed E-state index contributed by atoms with van der Waals surface area (Å²) in [7, 11) is 0. The average Bonchev–Trinajstić information content (AvgIpc) is 3.51. The first-order valence-corrected chi connectivity index (χ1v) is 10.8. The van der Waals surface area contributed by atoms with Crippen molar-refractivity contribution in [2.24, 2.45) is 11.7 Å². The van der Waals surface area contributed by atoms with Crippen LogP contribution in [0.1, 0.15) is 24.8 Å². The maximum atomic E-state index is 12.8. The van der Waals surface area contributed by atoms with Gasteiger partial charge in [0, 0.05) is 23.2 Å². The molecule has 1 heterocycles.